The molecule has 1 amide bonds. The highest BCUT2D eigenvalue weighted by Crippen LogP contribution is 2.21. The fraction of sp³-hybridized carbons (Fsp3) is 0.500. The van der Waals surface area contributed by atoms with Gasteiger partial charge < -0.3 is 9.64 Å². The highest BCUT2D eigenvalue weighted by Gasteiger charge is 2.14. The van der Waals surface area contributed by atoms with E-state index in [9.17, 15) is 4.79 Å². The van der Waals surface area contributed by atoms with Crippen molar-refractivity contribution in [2.75, 3.05) is 20.2 Å². The van der Waals surface area contributed by atoms with E-state index in [0.717, 1.165) is 23.7 Å². The number of nitrogens with one attached hydrogen (secondary N) is 1. The van der Waals surface area contributed by atoms with Crippen LogP contribution in [-0.4, -0.2) is 45.8 Å². The van der Waals surface area contributed by atoms with E-state index in [1.807, 2.05) is 42.8 Å². The summed E-state index contributed by atoms with van der Waals surface area (Å²) in [6.45, 7) is 8.02. The van der Waals surface area contributed by atoms with E-state index in [1.54, 1.807) is 4.90 Å². The number of amides is 1. The van der Waals surface area contributed by atoms with Gasteiger partial charge in [-0.3, -0.25) is 14.5 Å². The van der Waals surface area contributed by atoms with E-state index in [1.165, 1.54) is 0 Å². The maximum absolute atomic E-state index is 12.3. The Labute approximate surface area is 153 Å². The number of carbonyl (C=O) groups is 1. The highest BCUT2D eigenvalue weighted by atomic mass is 32.1. The largest absolute Gasteiger partial charge is 0.494 e. The summed E-state index contributed by atoms with van der Waals surface area (Å²) in [7, 11) is 1.84. The Bertz CT molecular complexity index is 749. The predicted octanol–water partition coefficient (Wildman–Crippen LogP) is 3.51. The van der Waals surface area contributed by atoms with Gasteiger partial charge in [0.05, 0.1) is 6.61 Å². The Kier molecular flexibility index (Phi) is 6.75. The van der Waals surface area contributed by atoms with E-state index in [2.05, 4.69) is 24.0 Å². The van der Waals surface area contributed by atoms with Crippen molar-refractivity contribution in [3.63, 3.8) is 0 Å². The maximum atomic E-state index is 12.3. The van der Waals surface area contributed by atoms with Crippen molar-refractivity contribution >= 4 is 18.1 Å². The molecule has 0 saturated heterocycles. The molecule has 1 aromatic carbocycles. The maximum Gasteiger partial charge on any atom is 0.224 e. The number of H-pyrrole nitrogens is 1. The minimum Gasteiger partial charge on any atom is -0.494 e. The van der Waals surface area contributed by atoms with E-state index >= 15 is 0 Å². The van der Waals surface area contributed by atoms with Crippen LogP contribution >= 0.6 is 12.2 Å². The molecule has 0 aliphatic rings. The van der Waals surface area contributed by atoms with Gasteiger partial charge in [0.15, 0.2) is 10.6 Å². The van der Waals surface area contributed by atoms with Gasteiger partial charge in [-0.05, 0) is 49.3 Å². The lowest BCUT2D eigenvalue weighted by atomic mass is 10.2. The quantitative estimate of drug-likeness (QED) is 0.730. The van der Waals surface area contributed by atoms with Gasteiger partial charge in [0, 0.05) is 32.1 Å². The number of carbonyl (C=O) groups excluding carboxylic acids is 1. The van der Waals surface area contributed by atoms with E-state index < -0.39 is 0 Å². The third-order valence-electron chi connectivity index (χ3n) is 3.80. The monoisotopic (exact) mass is 362 g/mol. The molecular weight excluding hydrogens is 336 g/mol. The Morgan fingerprint density at radius 2 is 2.04 bits per heavy atom. The molecule has 7 heteroatoms. The first-order chi connectivity index (χ1) is 11.9. The molecule has 0 fully saturated rings. The average molecular weight is 362 g/mol. The molecule has 1 N–H and O–H groups in total. The summed E-state index contributed by atoms with van der Waals surface area (Å²) in [5.41, 5.74) is 0.929. The summed E-state index contributed by atoms with van der Waals surface area (Å²) in [5.74, 6) is 2.10. The highest BCUT2D eigenvalue weighted by molar-refractivity contribution is 7.71. The first-order valence-corrected chi connectivity index (χ1v) is 8.95. The minimum absolute atomic E-state index is 0.106. The second-order valence-electron chi connectivity index (χ2n) is 6.38. The Balaban J connectivity index is 2.11. The molecule has 0 unspecified atom stereocenters. The van der Waals surface area contributed by atoms with Gasteiger partial charge in [-0.1, -0.05) is 13.8 Å². The molecule has 0 spiro atoms. The number of rotatable bonds is 8. The number of benzene rings is 1. The van der Waals surface area contributed by atoms with Crippen molar-refractivity contribution in [3.05, 3.63) is 29.0 Å². The molecule has 6 nitrogen and oxygen atoms in total. The molecule has 25 heavy (non-hydrogen) atoms. The smallest absolute Gasteiger partial charge is 0.224 e. The lowest BCUT2D eigenvalue weighted by Gasteiger charge is -2.19. The van der Waals surface area contributed by atoms with E-state index in [0.29, 0.717) is 30.3 Å². The zero-order chi connectivity index (χ0) is 18.4. The topological polar surface area (TPSA) is 63.1 Å². The van der Waals surface area contributed by atoms with Crippen molar-refractivity contribution in [3.8, 4) is 17.1 Å². The molecule has 0 aliphatic carbocycles. The SMILES string of the molecule is CCOc1ccc(-c2n[nH]c(=S)n2CCC(=O)N(C)CC(C)C)cc1. The lowest BCUT2D eigenvalue weighted by molar-refractivity contribution is -0.130. The molecule has 0 atom stereocenters. The summed E-state index contributed by atoms with van der Waals surface area (Å²) < 4.78 is 7.85. The number of hydrogen-bond acceptors (Lipinski definition) is 4. The van der Waals surface area contributed by atoms with Crippen LogP contribution in [0.4, 0.5) is 0 Å². The molecule has 136 valence electrons. The fourth-order valence-electron chi connectivity index (χ4n) is 2.66. The van der Waals surface area contributed by atoms with Gasteiger partial charge in [-0.15, -0.1) is 0 Å². The van der Waals surface area contributed by atoms with E-state index in [4.69, 9.17) is 17.0 Å². The molecule has 1 heterocycles. The molecule has 0 radical (unpaired) electrons. The van der Waals surface area contributed by atoms with E-state index in [-0.39, 0.29) is 5.91 Å². The molecule has 2 aromatic rings. The average Bonchev–Trinajstić information content (AvgIpc) is 2.94. The zero-order valence-corrected chi connectivity index (χ0v) is 16.1. The molecule has 0 bridgehead atoms. The van der Waals surface area contributed by atoms with Gasteiger partial charge in [-0.2, -0.15) is 5.10 Å². The standard InChI is InChI=1S/C18H26N4O2S/c1-5-24-15-8-6-14(7-9-15)17-19-20-18(25)22(17)11-10-16(23)21(4)12-13(2)3/h6-9,13H,5,10-12H2,1-4H3,(H,20,25). The minimum atomic E-state index is 0.106. The molecule has 1 aromatic heterocycles. The van der Waals surface area contributed by atoms with Crippen molar-refractivity contribution in [2.45, 2.75) is 33.7 Å². The van der Waals surface area contributed by atoms with Gasteiger partial charge in [0.2, 0.25) is 5.91 Å². The van der Waals surface area contributed by atoms with Crippen LogP contribution in [0.3, 0.4) is 0 Å². The van der Waals surface area contributed by atoms with Gasteiger partial charge >= 0.3 is 0 Å². The summed E-state index contributed by atoms with van der Waals surface area (Å²) in [6.07, 6.45) is 0.390. The number of aromatic nitrogens is 3. The Morgan fingerprint density at radius 1 is 1.36 bits per heavy atom. The van der Waals surface area contributed by atoms with Crippen molar-refractivity contribution in [1.82, 2.24) is 19.7 Å². The normalized spacial score (nSPS) is 10.9. The molecule has 0 saturated carbocycles. The molecular formula is C18H26N4O2S. The van der Waals surface area contributed by atoms with Crippen LogP contribution in [-0.2, 0) is 11.3 Å². The van der Waals surface area contributed by atoms with Crippen LogP contribution in [0.2, 0.25) is 0 Å². The van der Waals surface area contributed by atoms with Crippen molar-refractivity contribution < 1.29 is 9.53 Å². The summed E-state index contributed by atoms with van der Waals surface area (Å²) in [6, 6.07) is 7.70. The third kappa shape index (κ3) is 5.16. The molecule has 0 aliphatic heterocycles. The Hall–Kier alpha value is -2.15. The predicted molar refractivity (Wildman–Crippen MR) is 101 cm³/mol. The first-order valence-electron chi connectivity index (χ1n) is 8.54. The summed E-state index contributed by atoms with van der Waals surface area (Å²) in [4.78, 5) is 14.0. The second kappa shape index (κ2) is 8.80. The van der Waals surface area contributed by atoms with Gasteiger partial charge in [0.25, 0.3) is 0 Å². The van der Waals surface area contributed by atoms with Crippen LogP contribution < -0.4 is 4.74 Å². The van der Waals surface area contributed by atoms with Crippen LogP contribution in [0.5, 0.6) is 5.75 Å². The third-order valence-corrected chi connectivity index (χ3v) is 4.11. The van der Waals surface area contributed by atoms with Gasteiger partial charge in [-0.25, -0.2) is 0 Å². The zero-order valence-electron chi connectivity index (χ0n) is 15.3. The van der Waals surface area contributed by atoms with Crippen molar-refractivity contribution in [2.24, 2.45) is 5.92 Å². The number of nitrogens with zero attached hydrogens (tertiary/aromatic N) is 3. The van der Waals surface area contributed by atoms with Crippen molar-refractivity contribution in [1.29, 1.82) is 0 Å². The van der Waals surface area contributed by atoms with Gasteiger partial charge in [0.1, 0.15) is 5.75 Å². The lowest BCUT2D eigenvalue weighted by Crippen LogP contribution is -2.30. The number of aromatic amines is 1. The molecule has 2 rings (SSSR count). The summed E-state index contributed by atoms with van der Waals surface area (Å²) >= 11 is 5.32. The van der Waals surface area contributed by atoms with Crippen LogP contribution in [0.1, 0.15) is 27.2 Å². The number of hydrogen-bond donors (Lipinski definition) is 1. The van der Waals surface area contributed by atoms with Crippen LogP contribution in [0, 0.1) is 10.7 Å². The second-order valence-corrected chi connectivity index (χ2v) is 6.77. The fourth-order valence-corrected chi connectivity index (χ4v) is 2.88. The van der Waals surface area contributed by atoms with Crippen LogP contribution in [0.25, 0.3) is 11.4 Å². The number of ether oxygens (including phenoxy) is 1. The Morgan fingerprint density at radius 3 is 2.64 bits per heavy atom. The first kappa shape index (κ1) is 19.2. The van der Waals surface area contributed by atoms with Crippen LogP contribution in [0.15, 0.2) is 24.3 Å². The summed E-state index contributed by atoms with van der Waals surface area (Å²) in [5, 5.41) is 7.13.